The molecule has 0 amide bonds. The first-order valence-corrected chi connectivity index (χ1v) is 7.59. The Hall–Kier alpha value is -1.93. The second-order valence-electron chi connectivity index (χ2n) is 4.56. The summed E-state index contributed by atoms with van der Waals surface area (Å²) in [5.41, 5.74) is 0.944. The summed E-state index contributed by atoms with van der Waals surface area (Å²) in [6, 6.07) is 4.77. The van der Waals surface area contributed by atoms with Crippen LogP contribution in [-0.2, 0) is 15.9 Å². The Kier molecular flexibility index (Phi) is 4.92. The summed E-state index contributed by atoms with van der Waals surface area (Å²) in [6.07, 6.45) is -0.308. The number of carboxylic acid groups (broad SMARTS) is 1. The van der Waals surface area contributed by atoms with E-state index in [4.69, 9.17) is 14.4 Å². The minimum Gasteiger partial charge on any atom is -0.490 e. The first kappa shape index (κ1) is 15.5. The van der Waals surface area contributed by atoms with Crippen LogP contribution in [0.3, 0.4) is 0 Å². The normalized spacial score (nSPS) is 15.0. The van der Waals surface area contributed by atoms with Gasteiger partial charge in [-0.05, 0) is 18.2 Å². The van der Waals surface area contributed by atoms with Crippen molar-refractivity contribution in [3.8, 4) is 5.75 Å². The number of anilines is 1. The van der Waals surface area contributed by atoms with Crippen molar-refractivity contribution in [2.24, 2.45) is 0 Å². The van der Waals surface area contributed by atoms with E-state index in [2.05, 4.69) is 0 Å². The van der Waals surface area contributed by atoms with Crippen LogP contribution in [0.4, 0.5) is 5.69 Å². The number of aliphatic carboxylic acids is 1. The summed E-state index contributed by atoms with van der Waals surface area (Å²) >= 11 is -1.99. The molecule has 0 saturated carbocycles. The number of Topliss-reactive ketones (excluding diaryl/α,β-unsaturated/α-hetero) is 1. The van der Waals surface area contributed by atoms with E-state index in [1.807, 2.05) is 0 Å². The number of fused-ring (bicyclic) bond motifs is 1. The van der Waals surface area contributed by atoms with E-state index < -0.39 is 17.0 Å². The average Bonchev–Trinajstić information content (AvgIpc) is 2.44. The summed E-state index contributed by atoms with van der Waals surface area (Å²) in [5.74, 6) is -0.831. The number of ketones is 1. The van der Waals surface area contributed by atoms with Gasteiger partial charge in [-0.2, -0.15) is 0 Å². The second-order valence-corrected chi connectivity index (χ2v) is 5.46. The fraction of sp³-hybridized carbons (Fsp3) is 0.385. The average molecular weight is 313 g/mol. The van der Waals surface area contributed by atoms with E-state index in [0.29, 0.717) is 30.2 Å². The highest BCUT2D eigenvalue weighted by molar-refractivity contribution is 7.79. The smallest absolute Gasteiger partial charge is 0.303 e. The molecule has 0 bridgehead atoms. The number of hydrogen-bond acceptors (Lipinski definition) is 5. The van der Waals surface area contributed by atoms with Crippen LogP contribution in [0.1, 0.15) is 23.2 Å². The quantitative estimate of drug-likeness (QED) is 0.599. The Balaban J connectivity index is 2.21. The molecule has 0 fully saturated rings. The van der Waals surface area contributed by atoms with Crippen LogP contribution >= 0.6 is 0 Å². The number of hydrogen-bond donors (Lipinski definition) is 2. The van der Waals surface area contributed by atoms with Crippen LogP contribution in [0.5, 0.6) is 5.75 Å². The van der Waals surface area contributed by atoms with E-state index in [-0.39, 0.29) is 24.5 Å². The van der Waals surface area contributed by atoms with E-state index in [1.54, 1.807) is 23.1 Å². The first-order chi connectivity index (χ1) is 9.97. The Labute approximate surface area is 123 Å². The molecule has 7 nitrogen and oxygen atoms in total. The molecule has 2 rings (SSSR count). The van der Waals surface area contributed by atoms with Gasteiger partial charge in [0.05, 0.1) is 18.7 Å². The maximum Gasteiger partial charge on any atom is 0.303 e. The van der Waals surface area contributed by atoms with Crippen LogP contribution in [0.25, 0.3) is 0 Å². The zero-order chi connectivity index (χ0) is 15.4. The lowest BCUT2D eigenvalue weighted by atomic mass is 10.0. The SMILES string of the molecule is O=C(O)CCC(=O)c1ccc2c(c1)N(CS(=O)O)CCO2. The van der Waals surface area contributed by atoms with E-state index in [0.717, 1.165) is 0 Å². The number of nitrogens with zero attached hydrogens (tertiary/aromatic N) is 1. The summed E-state index contributed by atoms with van der Waals surface area (Å²) in [7, 11) is 0. The number of benzene rings is 1. The molecule has 8 heteroatoms. The van der Waals surface area contributed by atoms with Crippen molar-refractivity contribution in [2.45, 2.75) is 12.8 Å². The van der Waals surface area contributed by atoms with Crippen LogP contribution < -0.4 is 9.64 Å². The molecule has 0 saturated heterocycles. The van der Waals surface area contributed by atoms with Crippen LogP contribution in [0.2, 0.25) is 0 Å². The highest BCUT2D eigenvalue weighted by Crippen LogP contribution is 2.32. The van der Waals surface area contributed by atoms with Crippen LogP contribution in [0, 0.1) is 0 Å². The molecule has 1 aromatic rings. The highest BCUT2D eigenvalue weighted by atomic mass is 32.2. The van der Waals surface area contributed by atoms with Crippen molar-refractivity contribution in [3.63, 3.8) is 0 Å². The van der Waals surface area contributed by atoms with Crippen molar-refractivity contribution in [1.29, 1.82) is 0 Å². The van der Waals surface area contributed by atoms with Gasteiger partial charge in [-0.25, -0.2) is 4.21 Å². The number of ether oxygens (including phenoxy) is 1. The number of carbonyl (C=O) groups is 2. The highest BCUT2D eigenvalue weighted by Gasteiger charge is 2.21. The summed E-state index contributed by atoms with van der Waals surface area (Å²) in [6.45, 7) is 0.850. The summed E-state index contributed by atoms with van der Waals surface area (Å²) in [5, 5.41) is 8.60. The van der Waals surface area contributed by atoms with Crippen molar-refractivity contribution in [1.82, 2.24) is 0 Å². The molecule has 1 aromatic carbocycles. The number of carbonyl (C=O) groups excluding carboxylic acids is 1. The predicted molar refractivity (Wildman–Crippen MR) is 76.1 cm³/mol. The lowest BCUT2D eigenvalue weighted by Crippen LogP contribution is -2.35. The first-order valence-electron chi connectivity index (χ1n) is 6.31. The second kappa shape index (κ2) is 6.68. The third-order valence-electron chi connectivity index (χ3n) is 3.07. The third-order valence-corrected chi connectivity index (χ3v) is 3.61. The monoisotopic (exact) mass is 313 g/mol. The maximum atomic E-state index is 11.9. The molecule has 21 heavy (non-hydrogen) atoms. The summed E-state index contributed by atoms with van der Waals surface area (Å²) < 4.78 is 25.4. The van der Waals surface area contributed by atoms with Gasteiger partial charge < -0.3 is 19.3 Å². The maximum absolute atomic E-state index is 11.9. The van der Waals surface area contributed by atoms with Gasteiger partial charge in [-0.3, -0.25) is 9.59 Å². The van der Waals surface area contributed by atoms with Crippen molar-refractivity contribution in [3.05, 3.63) is 23.8 Å². The number of carboxylic acids is 1. The van der Waals surface area contributed by atoms with Gasteiger partial charge in [0.1, 0.15) is 18.2 Å². The molecule has 0 radical (unpaired) electrons. The Morgan fingerprint density at radius 2 is 2.10 bits per heavy atom. The van der Waals surface area contributed by atoms with Gasteiger partial charge in [0.25, 0.3) is 0 Å². The number of rotatable bonds is 6. The van der Waals surface area contributed by atoms with Crippen molar-refractivity contribution < 1.29 is 28.2 Å². The van der Waals surface area contributed by atoms with Gasteiger partial charge in [0, 0.05) is 12.0 Å². The minimum absolute atomic E-state index is 0.0663. The molecule has 1 unspecified atom stereocenters. The third kappa shape index (κ3) is 4.02. The standard InChI is InChI=1S/C13H15NO6S/c15-11(2-4-13(16)17)9-1-3-12-10(7-9)14(5-6-20-12)8-21(18)19/h1,3,7H,2,4-6,8H2,(H,16,17)(H,18,19). The Bertz CT molecular complexity index is 588. The zero-order valence-corrected chi connectivity index (χ0v) is 12.0. The van der Waals surface area contributed by atoms with Crippen LogP contribution in [-0.4, -0.2) is 44.6 Å². The molecule has 2 N–H and O–H groups in total. The molecule has 1 aliphatic rings. The van der Waals surface area contributed by atoms with Crippen molar-refractivity contribution >= 4 is 28.5 Å². The Morgan fingerprint density at radius 3 is 2.76 bits per heavy atom. The van der Waals surface area contributed by atoms with E-state index >= 15 is 0 Å². The largest absolute Gasteiger partial charge is 0.490 e. The predicted octanol–water partition coefficient (Wildman–Crippen LogP) is 1.11. The van der Waals surface area contributed by atoms with Gasteiger partial charge in [-0.1, -0.05) is 0 Å². The molecule has 1 heterocycles. The van der Waals surface area contributed by atoms with E-state index in [9.17, 15) is 13.8 Å². The molecular formula is C13H15NO6S. The molecule has 0 spiro atoms. The fourth-order valence-electron chi connectivity index (χ4n) is 2.08. The minimum atomic E-state index is -1.99. The lowest BCUT2D eigenvalue weighted by Gasteiger charge is -2.30. The molecule has 0 aromatic heterocycles. The Morgan fingerprint density at radius 1 is 1.33 bits per heavy atom. The molecule has 0 aliphatic carbocycles. The van der Waals surface area contributed by atoms with Gasteiger partial charge >= 0.3 is 5.97 Å². The fourth-order valence-corrected chi connectivity index (χ4v) is 2.61. The molecule has 114 valence electrons. The van der Waals surface area contributed by atoms with Gasteiger partial charge in [0.2, 0.25) is 0 Å². The molecule has 1 aliphatic heterocycles. The molecule has 1 atom stereocenters. The zero-order valence-electron chi connectivity index (χ0n) is 11.2. The summed E-state index contributed by atoms with van der Waals surface area (Å²) in [4.78, 5) is 24.1. The van der Waals surface area contributed by atoms with Crippen molar-refractivity contribution in [2.75, 3.05) is 23.9 Å². The van der Waals surface area contributed by atoms with E-state index in [1.165, 1.54) is 0 Å². The van der Waals surface area contributed by atoms with Gasteiger partial charge in [0.15, 0.2) is 16.9 Å². The molecular weight excluding hydrogens is 298 g/mol. The topological polar surface area (TPSA) is 104 Å². The van der Waals surface area contributed by atoms with Gasteiger partial charge in [-0.15, -0.1) is 0 Å². The lowest BCUT2D eigenvalue weighted by molar-refractivity contribution is -0.136. The van der Waals surface area contributed by atoms with Crippen LogP contribution in [0.15, 0.2) is 18.2 Å².